The van der Waals surface area contributed by atoms with Crippen LogP contribution in [-0.2, 0) is 0 Å². The highest BCUT2D eigenvalue weighted by atomic mass is 79.9. The Labute approximate surface area is 77.3 Å². The van der Waals surface area contributed by atoms with Crippen LogP contribution in [0.2, 0.25) is 0 Å². The average Bonchev–Trinajstić information content (AvgIpc) is 1.96. The van der Waals surface area contributed by atoms with Gasteiger partial charge in [0.2, 0.25) is 0 Å². The summed E-state index contributed by atoms with van der Waals surface area (Å²) in [6.45, 7) is 0. The number of benzene rings is 1. The number of nitrogens with two attached hydrogens (primary N) is 2. The topological polar surface area (TPSA) is 89.3 Å². The number of hydrogen-bond donors (Lipinski definition) is 3. The van der Waals surface area contributed by atoms with Crippen LogP contribution in [0, 0.1) is 0 Å². The molecule has 1 aromatic rings. The molecule has 0 aliphatic carbocycles. The van der Waals surface area contributed by atoms with Crippen LogP contribution in [0.15, 0.2) is 16.6 Å². The Morgan fingerprint density at radius 2 is 1.83 bits per heavy atom. The first-order valence-electron chi connectivity index (χ1n) is 3.10. The summed E-state index contributed by atoms with van der Waals surface area (Å²) in [5.41, 5.74) is 11.6. The van der Waals surface area contributed by atoms with E-state index in [-0.39, 0.29) is 11.3 Å². The first-order chi connectivity index (χ1) is 5.52. The number of carboxylic acids is 1. The van der Waals surface area contributed by atoms with Crippen molar-refractivity contribution in [3.05, 3.63) is 22.2 Å². The fourth-order valence-corrected chi connectivity index (χ4v) is 1.30. The molecule has 0 fully saturated rings. The van der Waals surface area contributed by atoms with Crippen molar-refractivity contribution in [3.8, 4) is 0 Å². The molecule has 1 rings (SSSR count). The molecular weight excluding hydrogens is 224 g/mol. The molecule has 4 nitrogen and oxygen atoms in total. The molecule has 5 N–H and O–H groups in total. The van der Waals surface area contributed by atoms with E-state index >= 15 is 0 Å². The van der Waals surface area contributed by atoms with Crippen LogP contribution in [-0.4, -0.2) is 11.1 Å². The van der Waals surface area contributed by atoms with Gasteiger partial charge in [-0.1, -0.05) is 0 Å². The zero-order valence-corrected chi connectivity index (χ0v) is 7.63. The molecule has 0 saturated heterocycles. The van der Waals surface area contributed by atoms with Crippen LogP contribution in [0.1, 0.15) is 10.4 Å². The number of rotatable bonds is 1. The molecule has 0 heterocycles. The minimum absolute atomic E-state index is 0.113. The van der Waals surface area contributed by atoms with Crippen LogP contribution in [0.3, 0.4) is 0 Å². The molecule has 0 amide bonds. The van der Waals surface area contributed by atoms with Crippen molar-refractivity contribution in [1.29, 1.82) is 0 Å². The van der Waals surface area contributed by atoms with Crippen molar-refractivity contribution in [1.82, 2.24) is 0 Å². The highest BCUT2D eigenvalue weighted by molar-refractivity contribution is 9.10. The molecule has 0 aliphatic rings. The number of carboxylic acid groups (broad SMARTS) is 1. The summed E-state index contributed by atoms with van der Waals surface area (Å²) < 4.78 is 0.432. The quantitative estimate of drug-likeness (QED) is 0.635. The summed E-state index contributed by atoms with van der Waals surface area (Å²) in [7, 11) is 0. The van der Waals surface area contributed by atoms with Crippen LogP contribution >= 0.6 is 15.9 Å². The molecule has 0 unspecified atom stereocenters. The predicted molar refractivity (Wildman–Crippen MR) is 49.9 cm³/mol. The first-order valence-corrected chi connectivity index (χ1v) is 3.89. The van der Waals surface area contributed by atoms with E-state index in [9.17, 15) is 4.79 Å². The highest BCUT2D eigenvalue weighted by Crippen LogP contribution is 2.25. The number of halogens is 1. The minimum atomic E-state index is -1.03. The lowest BCUT2D eigenvalue weighted by atomic mass is 10.2. The van der Waals surface area contributed by atoms with Crippen LogP contribution in [0.25, 0.3) is 0 Å². The third-order valence-electron chi connectivity index (χ3n) is 1.40. The molecule has 0 aromatic heterocycles. The maximum absolute atomic E-state index is 10.6. The number of anilines is 2. The number of nitrogen functional groups attached to an aromatic ring is 2. The SMILES string of the molecule is Nc1cc(Br)c(C(=O)O)cc1N. The molecular formula is C7H7BrN2O2. The Kier molecular flexibility index (Phi) is 2.23. The molecule has 0 spiro atoms. The molecule has 0 bridgehead atoms. The van der Waals surface area contributed by atoms with Crippen molar-refractivity contribution in [3.63, 3.8) is 0 Å². The van der Waals surface area contributed by atoms with Gasteiger partial charge in [-0.05, 0) is 28.1 Å². The Balaban J connectivity index is 3.33. The summed E-state index contributed by atoms with van der Waals surface area (Å²) in [5, 5.41) is 8.65. The number of aromatic carboxylic acids is 1. The van der Waals surface area contributed by atoms with Crippen LogP contribution in [0.4, 0.5) is 11.4 Å². The van der Waals surface area contributed by atoms with Crippen molar-refractivity contribution in [2.75, 3.05) is 11.5 Å². The van der Waals surface area contributed by atoms with Gasteiger partial charge in [0.05, 0.1) is 16.9 Å². The molecule has 5 heteroatoms. The van der Waals surface area contributed by atoms with Crippen LogP contribution in [0.5, 0.6) is 0 Å². The lowest BCUT2D eigenvalue weighted by Crippen LogP contribution is -2.02. The highest BCUT2D eigenvalue weighted by Gasteiger charge is 2.09. The Morgan fingerprint density at radius 3 is 2.33 bits per heavy atom. The van der Waals surface area contributed by atoms with E-state index in [2.05, 4.69) is 15.9 Å². The molecule has 0 radical (unpaired) electrons. The van der Waals surface area contributed by atoms with Crippen molar-refractivity contribution in [2.45, 2.75) is 0 Å². The van der Waals surface area contributed by atoms with E-state index in [4.69, 9.17) is 16.6 Å². The summed E-state index contributed by atoms with van der Waals surface area (Å²) >= 11 is 3.07. The third-order valence-corrected chi connectivity index (χ3v) is 2.06. The van der Waals surface area contributed by atoms with Gasteiger partial charge in [-0.2, -0.15) is 0 Å². The van der Waals surface area contributed by atoms with E-state index < -0.39 is 5.97 Å². The first kappa shape index (κ1) is 8.86. The van der Waals surface area contributed by atoms with E-state index in [1.165, 1.54) is 12.1 Å². The van der Waals surface area contributed by atoms with Crippen molar-refractivity contribution < 1.29 is 9.90 Å². The maximum atomic E-state index is 10.6. The Hall–Kier alpha value is -1.23. The summed E-state index contributed by atoms with van der Waals surface area (Å²) in [6.07, 6.45) is 0. The molecule has 12 heavy (non-hydrogen) atoms. The Bertz CT molecular complexity index is 338. The molecule has 64 valence electrons. The minimum Gasteiger partial charge on any atom is -0.478 e. The number of carbonyl (C=O) groups is 1. The van der Waals surface area contributed by atoms with Gasteiger partial charge < -0.3 is 16.6 Å². The molecule has 0 saturated carbocycles. The average molecular weight is 231 g/mol. The van der Waals surface area contributed by atoms with Crippen LogP contribution < -0.4 is 11.5 Å². The van der Waals surface area contributed by atoms with Gasteiger partial charge >= 0.3 is 5.97 Å². The smallest absolute Gasteiger partial charge is 0.336 e. The van der Waals surface area contributed by atoms with Gasteiger partial charge in [0.25, 0.3) is 0 Å². The van der Waals surface area contributed by atoms with E-state index in [1.54, 1.807) is 0 Å². The Morgan fingerprint density at radius 1 is 1.33 bits per heavy atom. The lowest BCUT2D eigenvalue weighted by molar-refractivity contribution is 0.0696. The van der Waals surface area contributed by atoms with E-state index in [1.807, 2.05) is 0 Å². The second-order valence-corrected chi connectivity index (χ2v) is 3.12. The summed E-state index contributed by atoms with van der Waals surface area (Å²) in [5.74, 6) is -1.03. The van der Waals surface area contributed by atoms with Crippen molar-refractivity contribution in [2.24, 2.45) is 0 Å². The van der Waals surface area contributed by atoms with E-state index in [0.29, 0.717) is 10.2 Å². The standard InChI is InChI=1S/C7H7BrN2O2/c8-4-2-6(10)5(9)1-3(4)7(11)12/h1-2H,9-10H2,(H,11,12). The molecule has 1 aromatic carbocycles. The zero-order chi connectivity index (χ0) is 9.30. The maximum Gasteiger partial charge on any atom is 0.336 e. The van der Waals surface area contributed by atoms with Gasteiger partial charge in [0.15, 0.2) is 0 Å². The fraction of sp³-hybridized carbons (Fsp3) is 0. The van der Waals surface area contributed by atoms with Gasteiger partial charge in [0.1, 0.15) is 0 Å². The van der Waals surface area contributed by atoms with Gasteiger partial charge in [-0.3, -0.25) is 0 Å². The largest absolute Gasteiger partial charge is 0.478 e. The third kappa shape index (κ3) is 1.50. The molecule has 0 aliphatic heterocycles. The lowest BCUT2D eigenvalue weighted by Gasteiger charge is -2.03. The monoisotopic (exact) mass is 230 g/mol. The number of hydrogen-bond acceptors (Lipinski definition) is 3. The second kappa shape index (κ2) is 3.02. The van der Waals surface area contributed by atoms with Gasteiger partial charge in [-0.15, -0.1) is 0 Å². The predicted octanol–water partition coefficient (Wildman–Crippen LogP) is 1.31. The molecule has 0 atom stereocenters. The summed E-state index contributed by atoms with van der Waals surface area (Å²) in [4.78, 5) is 10.6. The zero-order valence-electron chi connectivity index (χ0n) is 6.04. The van der Waals surface area contributed by atoms with Gasteiger partial charge in [-0.25, -0.2) is 4.79 Å². The fourth-order valence-electron chi connectivity index (χ4n) is 0.769. The summed E-state index contributed by atoms with van der Waals surface area (Å²) in [6, 6.07) is 2.79. The normalized spacial score (nSPS) is 9.75. The second-order valence-electron chi connectivity index (χ2n) is 2.27. The van der Waals surface area contributed by atoms with Gasteiger partial charge in [0, 0.05) is 4.47 Å². The van der Waals surface area contributed by atoms with E-state index in [0.717, 1.165) is 0 Å². The van der Waals surface area contributed by atoms with Crippen molar-refractivity contribution >= 4 is 33.3 Å².